The quantitative estimate of drug-likeness (QED) is 0.748. The SMILES string of the molecule is COc1c(C(=O)O)cccc1C(=O)N[C@@H](C)[C@](C)(O)c1ccccc1. The Kier molecular flexibility index (Phi) is 5.44. The third-order valence-corrected chi connectivity index (χ3v) is 4.24. The monoisotopic (exact) mass is 343 g/mol. The highest BCUT2D eigenvalue weighted by Gasteiger charge is 2.32. The van der Waals surface area contributed by atoms with Crippen LogP contribution in [-0.2, 0) is 5.60 Å². The van der Waals surface area contributed by atoms with Gasteiger partial charge in [0.15, 0.2) is 0 Å². The van der Waals surface area contributed by atoms with Crippen LogP contribution in [0, 0.1) is 0 Å². The lowest BCUT2D eigenvalue weighted by atomic mass is 9.89. The van der Waals surface area contributed by atoms with E-state index in [1.54, 1.807) is 38.1 Å². The average molecular weight is 343 g/mol. The van der Waals surface area contributed by atoms with Gasteiger partial charge in [-0.3, -0.25) is 4.79 Å². The van der Waals surface area contributed by atoms with Crippen molar-refractivity contribution in [1.29, 1.82) is 0 Å². The van der Waals surface area contributed by atoms with Crippen LogP contribution in [0.1, 0.15) is 40.1 Å². The Morgan fingerprint density at radius 1 is 1.08 bits per heavy atom. The van der Waals surface area contributed by atoms with Gasteiger partial charge in [0.2, 0.25) is 0 Å². The molecule has 1 amide bonds. The van der Waals surface area contributed by atoms with E-state index in [4.69, 9.17) is 4.74 Å². The van der Waals surface area contributed by atoms with Gasteiger partial charge in [-0.05, 0) is 31.5 Å². The minimum Gasteiger partial charge on any atom is -0.495 e. The van der Waals surface area contributed by atoms with Crippen molar-refractivity contribution < 1.29 is 24.5 Å². The third kappa shape index (κ3) is 3.80. The highest BCUT2D eigenvalue weighted by molar-refractivity contribution is 6.02. The molecule has 3 N–H and O–H groups in total. The Labute approximate surface area is 146 Å². The fourth-order valence-electron chi connectivity index (χ4n) is 2.54. The number of nitrogens with one attached hydrogen (secondary N) is 1. The van der Waals surface area contributed by atoms with Gasteiger partial charge in [0.25, 0.3) is 5.91 Å². The molecule has 0 saturated heterocycles. The van der Waals surface area contributed by atoms with Crippen LogP contribution in [0.4, 0.5) is 0 Å². The molecular weight excluding hydrogens is 322 g/mol. The molecule has 0 heterocycles. The zero-order valence-corrected chi connectivity index (χ0v) is 14.3. The lowest BCUT2D eigenvalue weighted by Crippen LogP contribution is -2.47. The molecule has 0 aliphatic heterocycles. The Morgan fingerprint density at radius 2 is 1.68 bits per heavy atom. The molecule has 6 heteroatoms. The number of benzene rings is 2. The zero-order valence-electron chi connectivity index (χ0n) is 14.3. The molecule has 0 aliphatic carbocycles. The van der Waals surface area contributed by atoms with Crippen LogP contribution in [0.15, 0.2) is 48.5 Å². The van der Waals surface area contributed by atoms with Gasteiger partial charge < -0.3 is 20.3 Å². The molecule has 132 valence electrons. The van der Waals surface area contributed by atoms with Crippen molar-refractivity contribution in [3.05, 3.63) is 65.2 Å². The van der Waals surface area contributed by atoms with E-state index in [1.807, 2.05) is 6.07 Å². The topological polar surface area (TPSA) is 95.9 Å². The molecule has 0 saturated carbocycles. The van der Waals surface area contributed by atoms with Gasteiger partial charge in [-0.1, -0.05) is 36.4 Å². The van der Waals surface area contributed by atoms with Crippen molar-refractivity contribution in [2.24, 2.45) is 0 Å². The Hall–Kier alpha value is -2.86. The van der Waals surface area contributed by atoms with Gasteiger partial charge in [0.05, 0.1) is 18.7 Å². The van der Waals surface area contributed by atoms with Crippen molar-refractivity contribution in [3.63, 3.8) is 0 Å². The number of para-hydroxylation sites is 1. The van der Waals surface area contributed by atoms with Crippen molar-refractivity contribution >= 4 is 11.9 Å². The van der Waals surface area contributed by atoms with Gasteiger partial charge >= 0.3 is 5.97 Å². The van der Waals surface area contributed by atoms with Gasteiger partial charge in [0.1, 0.15) is 16.9 Å². The highest BCUT2D eigenvalue weighted by atomic mass is 16.5. The summed E-state index contributed by atoms with van der Waals surface area (Å²) in [6.45, 7) is 3.29. The molecule has 0 radical (unpaired) electrons. The van der Waals surface area contributed by atoms with Crippen LogP contribution in [0.25, 0.3) is 0 Å². The number of aromatic carboxylic acids is 1. The fourth-order valence-corrected chi connectivity index (χ4v) is 2.54. The van der Waals surface area contributed by atoms with Gasteiger partial charge in [0, 0.05) is 0 Å². The van der Waals surface area contributed by atoms with Crippen molar-refractivity contribution in [2.45, 2.75) is 25.5 Å². The maximum atomic E-state index is 12.6. The number of aliphatic hydroxyl groups is 1. The fraction of sp³-hybridized carbons (Fsp3) is 0.263. The molecule has 0 fully saturated rings. The molecule has 2 aromatic rings. The minimum absolute atomic E-state index is 0.0148. The number of carboxylic acids is 1. The molecule has 0 aromatic heterocycles. The Balaban J connectivity index is 2.28. The van der Waals surface area contributed by atoms with E-state index in [-0.39, 0.29) is 16.9 Å². The number of methoxy groups -OCH3 is 1. The van der Waals surface area contributed by atoms with E-state index >= 15 is 0 Å². The summed E-state index contributed by atoms with van der Waals surface area (Å²) in [5, 5.41) is 22.7. The van der Waals surface area contributed by atoms with E-state index < -0.39 is 23.5 Å². The standard InChI is InChI=1S/C19H21NO5/c1-12(19(2,24)13-8-5-4-6-9-13)20-17(21)14-10-7-11-15(18(22)23)16(14)25-3/h4-12,24H,1-3H3,(H,20,21)(H,22,23)/t12-,19-/m0/s1. The molecule has 2 rings (SSSR count). The first-order chi connectivity index (χ1) is 11.8. The number of carbonyl (C=O) groups excluding carboxylic acids is 1. The summed E-state index contributed by atoms with van der Waals surface area (Å²) in [4.78, 5) is 23.9. The van der Waals surface area contributed by atoms with E-state index in [0.717, 1.165) is 0 Å². The molecular formula is C19H21NO5. The van der Waals surface area contributed by atoms with E-state index in [2.05, 4.69) is 5.32 Å². The average Bonchev–Trinajstić information content (AvgIpc) is 2.61. The third-order valence-electron chi connectivity index (χ3n) is 4.24. The number of hydrogen-bond donors (Lipinski definition) is 3. The van der Waals surface area contributed by atoms with Crippen LogP contribution >= 0.6 is 0 Å². The molecule has 25 heavy (non-hydrogen) atoms. The number of ether oxygens (including phenoxy) is 1. The summed E-state index contributed by atoms with van der Waals surface area (Å²) < 4.78 is 5.11. The largest absolute Gasteiger partial charge is 0.495 e. The Bertz CT molecular complexity index is 771. The molecule has 0 aliphatic rings. The van der Waals surface area contributed by atoms with Gasteiger partial charge in [-0.15, -0.1) is 0 Å². The lowest BCUT2D eigenvalue weighted by Gasteiger charge is -2.31. The Morgan fingerprint density at radius 3 is 2.24 bits per heavy atom. The number of amides is 1. The normalized spacial score (nSPS) is 14.2. The van der Waals surface area contributed by atoms with E-state index in [1.165, 1.54) is 25.3 Å². The second kappa shape index (κ2) is 7.36. The van der Waals surface area contributed by atoms with E-state index in [0.29, 0.717) is 5.56 Å². The first kappa shape index (κ1) is 18.5. The molecule has 2 atom stereocenters. The van der Waals surface area contributed by atoms with Crippen LogP contribution in [0.3, 0.4) is 0 Å². The van der Waals surface area contributed by atoms with Gasteiger partial charge in [-0.2, -0.15) is 0 Å². The van der Waals surface area contributed by atoms with E-state index in [9.17, 15) is 19.8 Å². The predicted molar refractivity (Wildman–Crippen MR) is 92.9 cm³/mol. The molecule has 0 spiro atoms. The molecule has 0 bridgehead atoms. The second-order valence-corrected chi connectivity index (χ2v) is 5.90. The lowest BCUT2D eigenvalue weighted by molar-refractivity contribution is 0.0207. The summed E-state index contributed by atoms with van der Waals surface area (Å²) in [7, 11) is 1.31. The number of carbonyl (C=O) groups is 2. The van der Waals surface area contributed by atoms with Crippen LogP contribution in [0.5, 0.6) is 5.75 Å². The highest BCUT2D eigenvalue weighted by Crippen LogP contribution is 2.27. The summed E-state index contributed by atoms with van der Waals surface area (Å²) >= 11 is 0. The van der Waals surface area contributed by atoms with Crippen molar-refractivity contribution in [2.75, 3.05) is 7.11 Å². The smallest absolute Gasteiger partial charge is 0.339 e. The minimum atomic E-state index is -1.30. The van der Waals surface area contributed by atoms with Crippen LogP contribution in [-0.4, -0.2) is 35.2 Å². The van der Waals surface area contributed by atoms with Crippen LogP contribution < -0.4 is 10.1 Å². The molecule has 0 unspecified atom stereocenters. The predicted octanol–water partition coefficient (Wildman–Crippen LogP) is 2.42. The van der Waals surface area contributed by atoms with Gasteiger partial charge in [-0.25, -0.2) is 4.79 Å². The first-order valence-electron chi connectivity index (χ1n) is 7.78. The molecule has 6 nitrogen and oxygen atoms in total. The zero-order chi connectivity index (χ0) is 18.6. The van der Waals surface area contributed by atoms with Crippen molar-refractivity contribution in [1.82, 2.24) is 5.32 Å². The summed E-state index contributed by atoms with van der Waals surface area (Å²) in [5.41, 5.74) is -0.640. The summed E-state index contributed by atoms with van der Waals surface area (Å²) in [5.74, 6) is -1.72. The first-order valence-corrected chi connectivity index (χ1v) is 7.78. The maximum absolute atomic E-state index is 12.6. The summed E-state index contributed by atoms with van der Waals surface area (Å²) in [6, 6.07) is 12.7. The maximum Gasteiger partial charge on any atom is 0.339 e. The number of rotatable bonds is 6. The second-order valence-electron chi connectivity index (χ2n) is 5.90. The summed E-state index contributed by atoms with van der Waals surface area (Å²) in [6.07, 6.45) is 0. The number of carboxylic acid groups (broad SMARTS) is 1. The number of hydrogen-bond acceptors (Lipinski definition) is 4. The van der Waals surface area contributed by atoms with Crippen molar-refractivity contribution in [3.8, 4) is 5.75 Å². The molecule has 2 aromatic carbocycles. The van der Waals surface area contributed by atoms with Crippen LogP contribution in [0.2, 0.25) is 0 Å².